The lowest BCUT2D eigenvalue weighted by Gasteiger charge is -2.28. The Hall–Kier alpha value is -0.820. The molecule has 0 aliphatic heterocycles. The fraction of sp³-hybridized carbons (Fsp3) is 0.538. The van der Waals surface area contributed by atoms with Crippen molar-refractivity contribution in [3.8, 4) is 0 Å². The largest absolute Gasteiger partial charge is 0.330 e. The fourth-order valence-corrected chi connectivity index (χ4v) is 2.53. The molecule has 0 saturated heterocycles. The maximum atomic E-state index is 5.74. The van der Waals surface area contributed by atoms with Crippen molar-refractivity contribution in [2.75, 3.05) is 6.54 Å². The Morgan fingerprint density at radius 2 is 1.93 bits per heavy atom. The second-order valence-corrected chi connectivity index (χ2v) is 4.38. The maximum Gasteiger partial charge on any atom is -0.00486 e. The van der Waals surface area contributed by atoms with Gasteiger partial charge in [0.2, 0.25) is 0 Å². The van der Waals surface area contributed by atoms with Crippen molar-refractivity contribution in [1.29, 1.82) is 0 Å². The van der Waals surface area contributed by atoms with Crippen LogP contribution in [0.5, 0.6) is 0 Å². The van der Waals surface area contributed by atoms with E-state index in [4.69, 9.17) is 5.73 Å². The highest BCUT2D eigenvalue weighted by Gasteiger charge is 2.21. The van der Waals surface area contributed by atoms with E-state index in [-0.39, 0.29) is 0 Å². The molecule has 1 heteroatoms. The number of benzene rings is 1. The smallest absolute Gasteiger partial charge is 0.00486 e. The Labute approximate surface area is 86.3 Å². The van der Waals surface area contributed by atoms with Crippen LogP contribution < -0.4 is 5.73 Å². The van der Waals surface area contributed by atoms with Gasteiger partial charge in [-0.15, -0.1) is 0 Å². The first kappa shape index (κ1) is 9.72. The summed E-state index contributed by atoms with van der Waals surface area (Å²) in [4.78, 5) is 0. The molecule has 2 N–H and O–H groups in total. The molecular weight excluding hydrogens is 170 g/mol. The summed E-state index contributed by atoms with van der Waals surface area (Å²) in [6.45, 7) is 0.864. The molecule has 0 bridgehead atoms. The molecule has 14 heavy (non-hydrogen) atoms. The first-order valence-electron chi connectivity index (χ1n) is 5.65. The predicted molar refractivity (Wildman–Crippen MR) is 60.2 cm³/mol. The van der Waals surface area contributed by atoms with E-state index in [2.05, 4.69) is 30.3 Å². The predicted octanol–water partition coefficient (Wildman–Crippen LogP) is 2.92. The Balaban J connectivity index is 2.04. The zero-order chi connectivity index (χ0) is 9.80. The van der Waals surface area contributed by atoms with Crippen LogP contribution in [0, 0.1) is 5.92 Å². The Bertz CT molecular complexity index is 268. The highest BCUT2D eigenvalue weighted by Crippen LogP contribution is 2.35. The Kier molecular flexibility index (Phi) is 3.20. The van der Waals surface area contributed by atoms with Crippen LogP contribution in [0.1, 0.15) is 37.2 Å². The summed E-state index contributed by atoms with van der Waals surface area (Å²) in [5.74, 6) is 1.52. The summed E-state index contributed by atoms with van der Waals surface area (Å²) < 4.78 is 0. The van der Waals surface area contributed by atoms with Gasteiger partial charge in [-0.2, -0.15) is 0 Å². The van der Waals surface area contributed by atoms with E-state index in [1.54, 1.807) is 0 Å². The molecule has 0 heterocycles. The van der Waals surface area contributed by atoms with Crippen molar-refractivity contribution in [3.63, 3.8) is 0 Å². The van der Waals surface area contributed by atoms with Crippen molar-refractivity contribution in [3.05, 3.63) is 35.9 Å². The summed E-state index contributed by atoms with van der Waals surface area (Å²) in [6, 6.07) is 10.9. The van der Waals surface area contributed by atoms with Gasteiger partial charge in [0.15, 0.2) is 0 Å². The van der Waals surface area contributed by atoms with Gasteiger partial charge >= 0.3 is 0 Å². The van der Waals surface area contributed by atoms with Crippen LogP contribution in [0.25, 0.3) is 0 Å². The van der Waals surface area contributed by atoms with Crippen molar-refractivity contribution < 1.29 is 0 Å². The van der Waals surface area contributed by atoms with Gasteiger partial charge in [-0.25, -0.2) is 0 Å². The number of hydrogen-bond donors (Lipinski definition) is 1. The third kappa shape index (κ3) is 2.16. The molecule has 1 aliphatic carbocycles. The van der Waals surface area contributed by atoms with Crippen molar-refractivity contribution >= 4 is 0 Å². The number of nitrogens with two attached hydrogens (primary N) is 1. The molecule has 1 aromatic carbocycles. The minimum atomic E-state index is 0.758. The van der Waals surface area contributed by atoms with Crippen LogP contribution in [0.2, 0.25) is 0 Å². The van der Waals surface area contributed by atoms with E-state index in [0.29, 0.717) is 0 Å². The highest BCUT2D eigenvalue weighted by molar-refractivity contribution is 5.19. The molecule has 76 valence electrons. The van der Waals surface area contributed by atoms with E-state index in [9.17, 15) is 0 Å². The van der Waals surface area contributed by atoms with E-state index >= 15 is 0 Å². The lowest BCUT2D eigenvalue weighted by molar-refractivity contribution is 0.329. The molecule has 1 nitrogen and oxygen atoms in total. The Morgan fingerprint density at radius 1 is 1.14 bits per heavy atom. The molecule has 0 amide bonds. The minimum Gasteiger partial charge on any atom is -0.330 e. The van der Waals surface area contributed by atoms with E-state index in [1.165, 1.54) is 31.2 Å². The van der Waals surface area contributed by atoms with Gasteiger partial charge in [0.1, 0.15) is 0 Å². The van der Waals surface area contributed by atoms with Gasteiger partial charge in [-0.1, -0.05) is 36.8 Å². The molecule has 2 rings (SSSR count). The second kappa shape index (κ2) is 4.61. The molecular formula is C13H19N. The zero-order valence-electron chi connectivity index (χ0n) is 8.65. The topological polar surface area (TPSA) is 26.0 Å². The van der Waals surface area contributed by atoms with Crippen LogP contribution >= 0.6 is 0 Å². The first-order chi connectivity index (χ1) is 6.90. The summed E-state index contributed by atoms with van der Waals surface area (Å²) in [7, 11) is 0. The van der Waals surface area contributed by atoms with E-state index in [1.807, 2.05) is 0 Å². The second-order valence-electron chi connectivity index (χ2n) is 4.38. The summed E-state index contributed by atoms with van der Waals surface area (Å²) in [6.07, 6.45) is 5.32. The maximum absolute atomic E-state index is 5.74. The molecule has 0 spiro atoms. The van der Waals surface area contributed by atoms with Crippen LogP contribution in [-0.4, -0.2) is 6.54 Å². The molecule has 0 aromatic heterocycles. The fourth-order valence-electron chi connectivity index (χ4n) is 2.53. The van der Waals surface area contributed by atoms with Gasteiger partial charge in [0.25, 0.3) is 0 Å². The van der Waals surface area contributed by atoms with Crippen LogP contribution in [-0.2, 0) is 0 Å². The molecule has 0 radical (unpaired) electrons. The molecule has 1 fully saturated rings. The van der Waals surface area contributed by atoms with Gasteiger partial charge in [0, 0.05) is 0 Å². The first-order valence-corrected chi connectivity index (χ1v) is 5.65. The Morgan fingerprint density at radius 3 is 2.64 bits per heavy atom. The van der Waals surface area contributed by atoms with Gasteiger partial charge in [0.05, 0.1) is 0 Å². The summed E-state index contributed by atoms with van der Waals surface area (Å²) in [5.41, 5.74) is 7.25. The highest BCUT2D eigenvalue weighted by atomic mass is 14.6. The molecule has 1 aromatic rings. The third-order valence-electron chi connectivity index (χ3n) is 3.39. The van der Waals surface area contributed by atoms with Crippen molar-refractivity contribution in [1.82, 2.24) is 0 Å². The lowest BCUT2D eigenvalue weighted by atomic mass is 9.78. The van der Waals surface area contributed by atoms with Crippen LogP contribution in [0.3, 0.4) is 0 Å². The van der Waals surface area contributed by atoms with E-state index in [0.717, 1.165) is 18.4 Å². The number of rotatable bonds is 2. The molecule has 1 aliphatic rings. The van der Waals surface area contributed by atoms with Crippen molar-refractivity contribution in [2.24, 2.45) is 11.7 Å². The average Bonchev–Trinajstić information content (AvgIpc) is 2.30. The normalized spacial score (nSPS) is 27.5. The lowest BCUT2D eigenvalue weighted by Crippen LogP contribution is -2.21. The van der Waals surface area contributed by atoms with Gasteiger partial charge in [-0.05, 0) is 43.2 Å². The SMILES string of the molecule is NC[C@H]1CCC[C@H](c2ccccc2)C1. The monoisotopic (exact) mass is 189 g/mol. The molecule has 1 saturated carbocycles. The third-order valence-corrected chi connectivity index (χ3v) is 3.39. The van der Waals surface area contributed by atoms with E-state index < -0.39 is 0 Å². The van der Waals surface area contributed by atoms with Gasteiger partial charge < -0.3 is 5.73 Å². The van der Waals surface area contributed by atoms with Crippen molar-refractivity contribution in [2.45, 2.75) is 31.6 Å². The van der Waals surface area contributed by atoms with Gasteiger partial charge in [-0.3, -0.25) is 0 Å². The van der Waals surface area contributed by atoms with Crippen LogP contribution in [0.4, 0.5) is 0 Å². The number of hydrogen-bond acceptors (Lipinski definition) is 1. The quantitative estimate of drug-likeness (QED) is 0.760. The summed E-state index contributed by atoms with van der Waals surface area (Å²) >= 11 is 0. The minimum absolute atomic E-state index is 0.758. The van der Waals surface area contributed by atoms with Crippen LogP contribution in [0.15, 0.2) is 30.3 Å². The molecule has 0 unspecified atom stereocenters. The molecule has 2 atom stereocenters. The standard InChI is InChI=1S/C13H19N/c14-10-11-5-4-8-13(9-11)12-6-2-1-3-7-12/h1-3,6-7,11,13H,4-5,8-10,14H2/t11-,13-/m0/s1. The summed E-state index contributed by atoms with van der Waals surface area (Å²) in [5, 5.41) is 0. The zero-order valence-corrected chi connectivity index (χ0v) is 8.65. The average molecular weight is 189 g/mol.